The van der Waals surface area contributed by atoms with Crippen LogP contribution in [0.15, 0.2) is 6.07 Å². The lowest BCUT2D eigenvalue weighted by atomic mass is 9.91. The quantitative estimate of drug-likeness (QED) is 0.839. The van der Waals surface area contributed by atoms with Crippen LogP contribution >= 0.6 is 0 Å². The van der Waals surface area contributed by atoms with Crippen LogP contribution in [0.2, 0.25) is 0 Å². The van der Waals surface area contributed by atoms with Crippen LogP contribution in [-0.4, -0.2) is 22.9 Å². The summed E-state index contributed by atoms with van der Waals surface area (Å²) in [6.07, 6.45) is 6.44. The molecule has 18 heavy (non-hydrogen) atoms. The van der Waals surface area contributed by atoms with Gasteiger partial charge in [0.25, 0.3) is 0 Å². The Kier molecular flexibility index (Phi) is 4.81. The van der Waals surface area contributed by atoms with Gasteiger partial charge in [0.1, 0.15) is 0 Å². The second-order valence-corrected chi connectivity index (χ2v) is 5.57. The Morgan fingerprint density at radius 1 is 1.33 bits per heavy atom. The highest BCUT2D eigenvalue weighted by molar-refractivity contribution is 5.11. The standard InChI is InChI=1S/C15H27N3/c1-4-14-10-15(18(3)17-14)9-12-7-6-8-13(12)11-16-5-2/h10,12-13,16H,4-9,11H2,1-3H3. The van der Waals surface area contributed by atoms with Crippen molar-refractivity contribution in [2.45, 2.75) is 46.0 Å². The van der Waals surface area contributed by atoms with Gasteiger partial charge in [-0.2, -0.15) is 5.10 Å². The maximum absolute atomic E-state index is 4.56. The third-order valence-electron chi connectivity index (χ3n) is 4.33. The van der Waals surface area contributed by atoms with Crippen molar-refractivity contribution < 1.29 is 0 Å². The molecule has 2 unspecified atom stereocenters. The third-order valence-corrected chi connectivity index (χ3v) is 4.33. The van der Waals surface area contributed by atoms with Crippen LogP contribution in [0.1, 0.15) is 44.5 Å². The lowest BCUT2D eigenvalue weighted by Gasteiger charge is -2.19. The fourth-order valence-corrected chi connectivity index (χ4v) is 3.18. The highest BCUT2D eigenvalue weighted by Crippen LogP contribution is 2.33. The van der Waals surface area contributed by atoms with Crippen molar-refractivity contribution in [3.05, 3.63) is 17.5 Å². The number of rotatable bonds is 6. The normalized spacial score (nSPS) is 23.7. The summed E-state index contributed by atoms with van der Waals surface area (Å²) in [5, 5.41) is 8.07. The molecule has 0 aliphatic heterocycles. The summed E-state index contributed by atoms with van der Waals surface area (Å²) in [6.45, 7) is 6.66. The summed E-state index contributed by atoms with van der Waals surface area (Å²) in [7, 11) is 2.09. The molecule has 1 N–H and O–H groups in total. The molecule has 1 aromatic rings. The number of aryl methyl sites for hydroxylation is 2. The predicted molar refractivity (Wildman–Crippen MR) is 75.7 cm³/mol. The first-order valence-corrected chi connectivity index (χ1v) is 7.47. The molecule has 0 saturated heterocycles. The van der Waals surface area contributed by atoms with Crippen LogP contribution in [0.25, 0.3) is 0 Å². The fraction of sp³-hybridized carbons (Fsp3) is 0.800. The molecule has 0 amide bonds. The first-order chi connectivity index (χ1) is 8.74. The molecule has 1 aliphatic carbocycles. The maximum atomic E-state index is 4.56. The summed E-state index contributed by atoms with van der Waals surface area (Å²) in [4.78, 5) is 0. The van der Waals surface area contributed by atoms with Gasteiger partial charge in [-0.05, 0) is 56.7 Å². The lowest BCUT2D eigenvalue weighted by Crippen LogP contribution is -2.26. The van der Waals surface area contributed by atoms with Crippen molar-refractivity contribution in [3.63, 3.8) is 0 Å². The Morgan fingerprint density at radius 2 is 2.11 bits per heavy atom. The molecule has 1 heterocycles. The molecule has 0 radical (unpaired) electrons. The zero-order valence-electron chi connectivity index (χ0n) is 12.1. The average Bonchev–Trinajstić information content (AvgIpc) is 2.95. The molecule has 102 valence electrons. The van der Waals surface area contributed by atoms with Crippen molar-refractivity contribution in [2.24, 2.45) is 18.9 Å². The second kappa shape index (κ2) is 6.37. The second-order valence-electron chi connectivity index (χ2n) is 5.57. The summed E-state index contributed by atoms with van der Waals surface area (Å²) >= 11 is 0. The molecule has 0 aromatic carbocycles. The Hall–Kier alpha value is -0.830. The number of hydrogen-bond acceptors (Lipinski definition) is 2. The smallest absolute Gasteiger partial charge is 0.0624 e. The zero-order chi connectivity index (χ0) is 13.0. The van der Waals surface area contributed by atoms with E-state index in [1.807, 2.05) is 0 Å². The minimum Gasteiger partial charge on any atom is -0.317 e. The number of nitrogens with one attached hydrogen (secondary N) is 1. The number of aromatic nitrogens is 2. The van der Waals surface area contributed by atoms with E-state index in [1.54, 1.807) is 0 Å². The van der Waals surface area contributed by atoms with Gasteiger partial charge in [0.2, 0.25) is 0 Å². The summed E-state index contributed by atoms with van der Waals surface area (Å²) in [6, 6.07) is 2.29. The van der Waals surface area contributed by atoms with Crippen LogP contribution in [0.3, 0.4) is 0 Å². The largest absolute Gasteiger partial charge is 0.317 e. The van der Waals surface area contributed by atoms with Crippen molar-refractivity contribution in [1.82, 2.24) is 15.1 Å². The molecular formula is C15H27N3. The SMILES string of the molecule is CCNCC1CCCC1Cc1cc(CC)nn1C. The maximum Gasteiger partial charge on any atom is 0.0624 e. The van der Waals surface area contributed by atoms with Gasteiger partial charge >= 0.3 is 0 Å². The minimum atomic E-state index is 0.851. The molecule has 3 heteroatoms. The highest BCUT2D eigenvalue weighted by Gasteiger charge is 2.27. The van der Waals surface area contributed by atoms with E-state index in [-0.39, 0.29) is 0 Å². The molecule has 1 aromatic heterocycles. The van der Waals surface area contributed by atoms with Crippen LogP contribution in [0.5, 0.6) is 0 Å². The Morgan fingerprint density at radius 3 is 2.78 bits per heavy atom. The van der Waals surface area contributed by atoms with E-state index >= 15 is 0 Å². The monoisotopic (exact) mass is 249 g/mol. The number of hydrogen-bond donors (Lipinski definition) is 1. The Labute approximate surface area is 111 Å². The molecule has 3 nitrogen and oxygen atoms in total. The van der Waals surface area contributed by atoms with Gasteiger partial charge in [-0.25, -0.2) is 0 Å². The van der Waals surface area contributed by atoms with E-state index in [4.69, 9.17) is 0 Å². The molecule has 1 aliphatic rings. The van der Waals surface area contributed by atoms with Gasteiger partial charge in [-0.15, -0.1) is 0 Å². The van der Waals surface area contributed by atoms with E-state index < -0.39 is 0 Å². The van der Waals surface area contributed by atoms with Crippen LogP contribution in [0, 0.1) is 11.8 Å². The van der Waals surface area contributed by atoms with Crippen molar-refractivity contribution in [2.75, 3.05) is 13.1 Å². The van der Waals surface area contributed by atoms with E-state index in [1.165, 1.54) is 43.6 Å². The van der Waals surface area contributed by atoms with Crippen molar-refractivity contribution in [3.8, 4) is 0 Å². The van der Waals surface area contributed by atoms with Gasteiger partial charge in [-0.1, -0.05) is 20.3 Å². The van der Waals surface area contributed by atoms with E-state index in [2.05, 4.69) is 42.1 Å². The van der Waals surface area contributed by atoms with Gasteiger partial charge in [0.05, 0.1) is 5.69 Å². The number of nitrogens with zero attached hydrogens (tertiary/aromatic N) is 2. The Balaban J connectivity index is 1.96. The first kappa shape index (κ1) is 13.6. The Bertz CT molecular complexity index is 370. The molecular weight excluding hydrogens is 222 g/mol. The topological polar surface area (TPSA) is 29.9 Å². The molecule has 1 saturated carbocycles. The molecule has 0 spiro atoms. The molecule has 2 atom stereocenters. The van der Waals surface area contributed by atoms with Crippen molar-refractivity contribution in [1.29, 1.82) is 0 Å². The van der Waals surface area contributed by atoms with Crippen LogP contribution < -0.4 is 5.32 Å². The first-order valence-electron chi connectivity index (χ1n) is 7.47. The van der Waals surface area contributed by atoms with Gasteiger partial charge in [0.15, 0.2) is 0 Å². The van der Waals surface area contributed by atoms with Gasteiger partial charge < -0.3 is 5.32 Å². The summed E-state index contributed by atoms with van der Waals surface area (Å²) in [5.74, 6) is 1.72. The fourth-order valence-electron chi connectivity index (χ4n) is 3.18. The van der Waals surface area contributed by atoms with E-state index in [0.29, 0.717) is 0 Å². The van der Waals surface area contributed by atoms with Crippen LogP contribution in [-0.2, 0) is 19.9 Å². The molecule has 0 bridgehead atoms. The average molecular weight is 249 g/mol. The third kappa shape index (κ3) is 3.14. The van der Waals surface area contributed by atoms with Crippen LogP contribution in [0.4, 0.5) is 0 Å². The van der Waals surface area contributed by atoms with Crippen molar-refractivity contribution >= 4 is 0 Å². The van der Waals surface area contributed by atoms with E-state index in [9.17, 15) is 0 Å². The lowest BCUT2D eigenvalue weighted by molar-refractivity contribution is 0.362. The predicted octanol–water partition coefficient (Wildman–Crippen LogP) is 2.55. The molecule has 2 rings (SSSR count). The zero-order valence-corrected chi connectivity index (χ0v) is 12.1. The van der Waals surface area contributed by atoms with Gasteiger partial charge in [-0.3, -0.25) is 4.68 Å². The highest BCUT2D eigenvalue weighted by atomic mass is 15.3. The van der Waals surface area contributed by atoms with Gasteiger partial charge in [0, 0.05) is 12.7 Å². The van der Waals surface area contributed by atoms with E-state index in [0.717, 1.165) is 24.8 Å². The summed E-state index contributed by atoms with van der Waals surface area (Å²) in [5.41, 5.74) is 2.65. The molecule has 1 fully saturated rings. The summed E-state index contributed by atoms with van der Waals surface area (Å²) < 4.78 is 2.08. The minimum absolute atomic E-state index is 0.851.